The second kappa shape index (κ2) is 7.38. The van der Waals surface area contributed by atoms with Gasteiger partial charge in [0.1, 0.15) is 5.76 Å². The van der Waals surface area contributed by atoms with E-state index in [1.807, 2.05) is 0 Å². The molecule has 0 unspecified atom stereocenters. The Morgan fingerprint density at radius 3 is 2.81 bits per heavy atom. The number of benzene rings is 1. The van der Waals surface area contributed by atoms with Crippen molar-refractivity contribution in [2.75, 3.05) is 37.6 Å². The normalized spacial score (nSPS) is 20.1. The fourth-order valence-electron chi connectivity index (χ4n) is 3.70. The zero-order chi connectivity index (χ0) is 17.9. The lowest BCUT2D eigenvalue weighted by Crippen LogP contribution is -2.49. The highest BCUT2D eigenvalue weighted by atomic mass is 16.3. The van der Waals surface area contributed by atoms with Crippen LogP contribution in [0.4, 0.5) is 5.69 Å². The molecule has 0 atom stereocenters. The van der Waals surface area contributed by atoms with E-state index < -0.39 is 0 Å². The first-order valence-corrected chi connectivity index (χ1v) is 9.19. The Balaban J connectivity index is 1.32. The molecule has 2 heterocycles. The first kappa shape index (κ1) is 16.9. The average Bonchev–Trinajstić information content (AvgIpc) is 3.01. The molecule has 1 N–H and O–H groups in total. The van der Waals surface area contributed by atoms with Gasteiger partial charge in [0, 0.05) is 38.1 Å². The van der Waals surface area contributed by atoms with Gasteiger partial charge < -0.3 is 10.0 Å². The third kappa shape index (κ3) is 3.68. The van der Waals surface area contributed by atoms with Crippen LogP contribution in [0.15, 0.2) is 54.6 Å². The van der Waals surface area contributed by atoms with E-state index in [0.29, 0.717) is 6.54 Å². The van der Waals surface area contributed by atoms with Crippen LogP contribution in [0.25, 0.3) is 0 Å². The van der Waals surface area contributed by atoms with Gasteiger partial charge in [0.25, 0.3) is 0 Å². The molecule has 1 aliphatic carbocycles. The number of anilines is 1. The van der Waals surface area contributed by atoms with Crippen LogP contribution in [0.2, 0.25) is 0 Å². The monoisotopic (exact) mass is 350 g/mol. The third-order valence-corrected chi connectivity index (χ3v) is 5.19. The average molecular weight is 350 g/mol. The lowest BCUT2D eigenvalue weighted by atomic mass is 10.1. The van der Waals surface area contributed by atoms with Crippen molar-refractivity contribution in [3.8, 4) is 0 Å². The maximum atomic E-state index is 12.5. The summed E-state index contributed by atoms with van der Waals surface area (Å²) in [5.74, 6) is 0.0543. The number of aliphatic hydroxyl groups is 1. The Morgan fingerprint density at radius 2 is 1.96 bits per heavy atom. The SMILES string of the molecule is O=C(CN1CCN(c2ccc3c(c2)[CH]CC3)CC1)N1C=CC=CC(O)=C1. The van der Waals surface area contributed by atoms with Crippen molar-refractivity contribution in [3.63, 3.8) is 0 Å². The highest BCUT2D eigenvalue weighted by Crippen LogP contribution is 2.28. The topological polar surface area (TPSA) is 47.0 Å². The van der Waals surface area contributed by atoms with Crippen LogP contribution in [0.3, 0.4) is 0 Å². The van der Waals surface area contributed by atoms with Gasteiger partial charge in [-0.3, -0.25) is 14.6 Å². The predicted octanol–water partition coefficient (Wildman–Crippen LogP) is 2.62. The number of rotatable bonds is 3. The van der Waals surface area contributed by atoms with Gasteiger partial charge >= 0.3 is 0 Å². The summed E-state index contributed by atoms with van der Waals surface area (Å²) in [4.78, 5) is 18.5. The standard InChI is InChI=1S/C21H24N3O2/c25-20-6-1-2-9-24(15-20)21(26)16-22-10-12-23(13-11-22)19-8-7-17-4-3-5-18(17)14-19/h1-2,5-9,14-15,25H,3-4,10-13,16H2. The molecule has 1 amide bonds. The van der Waals surface area contributed by atoms with Gasteiger partial charge in [0.2, 0.25) is 5.91 Å². The fraction of sp³-hybridized carbons (Fsp3) is 0.333. The van der Waals surface area contributed by atoms with Crippen molar-refractivity contribution in [1.29, 1.82) is 0 Å². The lowest BCUT2D eigenvalue weighted by Gasteiger charge is -2.36. The minimum atomic E-state index is -0.0305. The van der Waals surface area contributed by atoms with Crippen molar-refractivity contribution in [2.45, 2.75) is 12.8 Å². The first-order valence-electron chi connectivity index (χ1n) is 9.19. The number of aryl methyl sites for hydroxylation is 1. The zero-order valence-corrected chi connectivity index (χ0v) is 14.8. The molecule has 1 radical (unpaired) electrons. The Labute approximate surface area is 154 Å². The van der Waals surface area contributed by atoms with E-state index >= 15 is 0 Å². The van der Waals surface area contributed by atoms with Gasteiger partial charge in [0.15, 0.2) is 0 Å². The molecule has 5 nitrogen and oxygen atoms in total. The number of fused-ring (bicyclic) bond motifs is 1. The van der Waals surface area contributed by atoms with Crippen LogP contribution in [0, 0.1) is 6.42 Å². The summed E-state index contributed by atoms with van der Waals surface area (Å²) in [6.45, 7) is 3.92. The number of amides is 1. The van der Waals surface area contributed by atoms with E-state index in [4.69, 9.17) is 0 Å². The van der Waals surface area contributed by atoms with Gasteiger partial charge in [-0.05, 0) is 54.7 Å². The molecule has 4 rings (SSSR count). The second-order valence-corrected chi connectivity index (χ2v) is 6.94. The van der Waals surface area contributed by atoms with Crippen LogP contribution >= 0.6 is 0 Å². The van der Waals surface area contributed by atoms with Crippen molar-refractivity contribution in [1.82, 2.24) is 9.80 Å². The van der Waals surface area contributed by atoms with Crippen LogP contribution in [-0.2, 0) is 11.2 Å². The maximum absolute atomic E-state index is 12.5. The number of carbonyl (C=O) groups is 1. The molecule has 26 heavy (non-hydrogen) atoms. The van der Waals surface area contributed by atoms with Crippen molar-refractivity contribution in [3.05, 3.63) is 72.1 Å². The van der Waals surface area contributed by atoms with Crippen molar-refractivity contribution < 1.29 is 9.90 Å². The molecule has 135 valence electrons. The zero-order valence-electron chi connectivity index (χ0n) is 14.8. The summed E-state index contributed by atoms with van der Waals surface area (Å²) in [7, 11) is 0. The molecule has 0 aromatic heterocycles. The molecule has 5 heteroatoms. The van der Waals surface area contributed by atoms with E-state index in [0.717, 1.165) is 39.0 Å². The van der Waals surface area contributed by atoms with E-state index in [-0.39, 0.29) is 11.7 Å². The molecule has 3 aliphatic rings. The first-order chi connectivity index (χ1) is 12.7. The van der Waals surface area contributed by atoms with Crippen molar-refractivity contribution in [2.24, 2.45) is 0 Å². The summed E-state index contributed by atoms with van der Waals surface area (Å²) in [6.07, 6.45) is 12.8. The van der Waals surface area contributed by atoms with E-state index in [1.165, 1.54) is 27.9 Å². The lowest BCUT2D eigenvalue weighted by molar-refractivity contribution is -0.127. The molecule has 1 fully saturated rings. The van der Waals surface area contributed by atoms with Gasteiger partial charge in [-0.15, -0.1) is 0 Å². The largest absolute Gasteiger partial charge is 0.506 e. The molecular formula is C21H24N3O2. The number of aliphatic hydroxyl groups excluding tert-OH is 1. The van der Waals surface area contributed by atoms with Gasteiger partial charge in [-0.1, -0.05) is 12.1 Å². The molecule has 0 saturated carbocycles. The molecule has 1 aromatic carbocycles. The third-order valence-electron chi connectivity index (χ3n) is 5.19. The predicted molar refractivity (Wildman–Crippen MR) is 103 cm³/mol. The van der Waals surface area contributed by atoms with E-state index in [1.54, 1.807) is 24.4 Å². The second-order valence-electron chi connectivity index (χ2n) is 6.94. The van der Waals surface area contributed by atoms with Crippen LogP contribution in [0.1, 0.15) is 17.5 Å². The smallest absolute Gasteiger partial charge is 0.244 e. The number of hydrogen-bond acceptors (Lipinski definition) is 4. The molecule has 2 aliphatic heterocycles. The number of allylic oxidation sites excluding steroid dienone is 3. The molecular weight excluding hydrogens is 326 g/mol. The molecule has 1 aromatic rings. The van der Waals surface area contributed by atoms with Crippen LogP contribution < -0.4 is 4.90 Å². The maximum Gasteiger partial charge on any atom is 0.244 e. The minimum absolute atomic E-state index is 0.0305. The Kier molecular flexibility index (Phi) is 4.80. The summed E-state index contributed by atoms with van der Waals surface area (Å²) < 4.78 is 0. The van der Waals surface area contributed by atoms with E-state index in [2.05, 4.69) is 34.4 Å². The van der Waals surface area contributed by atoms with Gasteiger partial charge in [-0.25, -0.2) is 0 Å². The minimum Gasteiger partial charge on any atom is -0.506 e. The Hall–Kier alpha value is -2.53. The van der Waals surface area contributed by atoms with Crippen LogP contribution in [0.5, 0.6) is 0 Å². The molecule has 0 bridgehead atoms. The van der Waals surface area contributed by atoms with Gasteiger partial charge in [0.05, 0.1) is 12.7 Å². The Morgan fingerprint density at radius 1 is 1.12 bits per heavy atom. The van der Waals surface area contributed by atoms with Gasteiger partial charge in [-0.2, -0.15) is 0 Å². The Bertz CT molecular complexity index is 773. The highest BCUT2D eigenvalue weighted by molar-refractivity contribution is 5.80. The summed E-state index contributed by atoms with van der Waals surface area (Å²) in [5, 5.41) is 9.66. The summed E-state index contributed by atoms with van der Waals surface area (Å²) >= 11 is 0. The van der Waals surface area contributed by atoms with E-state index in [9.17, 15) is 9.90 Å². The number of nitrogens with zero attached hydrogens (tertiary/aromatic N) is 3. The van der Waals surface area contributed by atoms with Crippen molar-refractivity contribution >= 4 is 11.6 Å². The quantitative estimate of drug-likeness (QED) is 0.910. The summed E-state index contributed by atoms with van der Waals surface area (Å²) in [6, 6.07) is 6.77. The summed E-state index contributed by atoms with van der Waals surface area (Å²) in [5.41, 5.74) is 4.12. The molecule has 1 saturated heterocycles. The highest BCUT2D eigenvalue weighted by Gasteiger charge is 2.22. The molecule has 0 spiro atoms. The number of piperazine rings is 1. The number of carbonyl (C=O) groups excluding carboxylic acids is 1. The van der Waals surface area contributed by atoms with Crippen LogP contribution in [-0.4, -0.2) is 53.5 Å². The number of hydrogen-bond donors (Lipinski definition) is 1. The fourth-order valence-corrected chi connectivity index (χ4v) is 3.70.